The van der Waals surface area contributed by atoms with Crippen molar-refractivity contribution in [3.05, 3.63) is 0 Å². The minimum Gasteiger partial charge on any atom is -0.392 e. The Hall–Kier alpha value is -0.610. The van der Waals surface area contributed by atoms with Crippen LogP contribution in [-0.4, -0.2) is 29.7 Å². The summed E-state index contributed by atoms with van der Waals surface area (Å²) in [5.74, 6) is 0.173. The molecule has 14 heavy (non-hydrogen) atoms. The monoisotopic (exact) mass is 200 g/mol. The van der Waals surface area contributed by atoms with E-state index in [1.165, 1.54) is 0 Å². The van der Waals surface area contributed by atoms with Crippen LogP contribution in [0.25, 0.3) is 0 Å². The lowest BCUT2D eigenvalue weighted by molar-refractivity contribution is -0.126. The van der Waals surface area contributed by atoms with Gasteiger partial charge < -0.3 is 16.2 Å². The Morgan fingerprint density at radius 1 is 1.50 bits per heavy atom. The quantitative estimate of drug-likeness (QED) is 0.600. The highest BCUT2D eigenvalue weighted by Gasteiger charge is 2.24. The van der Waals surface area contributed by atoms with E-state index in [-0.39, 0.29) is 17.9 Å². The first-order valence-corrected chi connectivity index (χ1v) is 5.31. The van der Waals surface area contributed by atoms with Crippen LogP contribution < -0.4 is 11.1 Å². The Bertz CT molecular complexity index is 187. The molecule has 1 aliphatic rings. The SMILES string of the molecule is CC(O)CNC(=O)C1CCC(N)CC1. The molecular formula is C10H20N2O2. The summed E-state index contributed by atoms with van der Waals surface area (Å²) < 4.78 is 0. The first-order valence-electron chi connectivity index (χ1n) is 5.31. The zero-order valence-corrected chi connectivity index (χ0v) is 8.70. The number of nitrogens with two attached hydrogens (primary N) is 1. The van der Waals surface area contributed by atoms with E-state index in [1.54, 1.807) is 6.92 Å². The number of amides is 1. The summed E-state index contributed by atoms with van der Waals surface area (Å²) >= 11 is 0. The van der Waals surface area contributed by atoms with Crippen molar-refractivity contribution in [2.45, 2.75) is 44.8 Å². The Morgan fingerprint density at radius 2 is 2.07 bits per heavy atom. The smallest absolute Gasteiger partial charge is 0.223 e. The maximum Gasteiger partial charge on any atom is 0.223 e. The van der Waals surface area contributed by atoms with Crippen LogP contribution >= 0.6 is 0 Å². The molecule has 0 spiro atoms. The van der Waals surface area contributed by atoms with E-state index in [0.29, 0.717) is 6.54 Å². The Kier molecular flexibility index (Phi) is 4.35. The van der Waals surface area contributed by atoms with Gasteiger partial charge in [-0.25, -0.2) is 0 Å². The molecular weight excluding hydrogens is 180 g/mol. The van der Waals surface area contributed by atoms with Gasteiger partial charge in [-0.05, 0) is 32.6 Å². The van der Waals surface area contributed by atoms with Gasteiger partial charge in [0.1, 0.15) is 0 Å². The van der Waals surface area contributed by atoms with Crippen molar-refractivity contribution in [3.8, 4) is 0 Å². The van der Waals surface area contributed by atoms with Crippen LogP contribution in [0.3, 0.4) is 0 Å². The van der Waals surface area contributed by atoms with E-state index in [1.807, 2.05) is 0 Å². The Balaban J connectivity index is 2.24. The predicted octanol–water partition coefficient (Wildman–Crippen LogP) is 0.000900. The fourth-order valence-corrected chi connectivity index (χ4v) is 1.77. The number of hydrogen-bond donors (Lipinski definition) is 3. The van der Waals surface area contributed by atoms with Crippen molar-refractivity contribution in [2.24, 2.45) is 11.7 Å². The lowest BCUT2D eigenvalue weighted by Gasteiger charge is -2.25. The van der Waals surface area contributed by atoms with Crippen molar-refractivity contribution in [3.63, 3.8) is 0 Å². The second kappa shape index (κ2) is 5.32. The van der Waals surface area contributed by atoms with Crippen LogP contribution in [0, 0.1) is 5.92 Å². The molecule has 0 aromatic carbocycles. The second-order valence-corrected chi connectivity index (χ2v) is 4.21. The van der Waals surface area contributed by atoms with E-state index in [2.05, 4.69) is 5.32 Å². The lowest BCUT2D eigenvalue weighted by Crippen LogP contribution is -2.38. The third-order valence-corrected chi connectivity index (χ3v) is 2.71. The molecule has 4 nitrogen and oxygen atoms in total. The van der Waals surface area contributed by atoms with Crippen LogP contribution in [0.1, 0.15) is 32.6 Å². The molecule has 0 aliphatic heterocycles. The highest BCUT2D eigenvalue weighted by molar-refractivity contribution is 5.78. The standard InChI is InChI=1S/C10H20N2O2/c1-7(13)6-12-10(14)8-2-4-9(11)5-3-8/h7-9,13H,2-6,11H2,1H3,(H,12,14). The van der Waals surface area contributed by atoms with Crippen molar-refractivity contribution in [2.75, 3.05) is 6.54 Å². The van der Waals surface area contributed by atoms with Crippen molar-refractivity contribution < 1.29 is 9.90 Å². The Labute approximate surface area is 84.9 Å². The molecule has 1 aliphatic carbocycles. The number of carbonyl (C=O) groups excluding carboxylic acids is 1. The number of hydrogen-bond acceptors (Lipinski definition) is 3. The van der Waals surface area contributed by atoms with Crippen molar-refractivity contribution in [1.29, 1.82) is 0 Å². The van der Waals surface area contributed by atoms with Gasteiger partial charge in [0.15, 0.2) is 0 Å². The third-order valence-electron chi connectivity index (χ3n) is 2.71. The van der Waals surface area contributed by atoms with E-state index in [9.17, 15) is 4.79 Å². The molecule has 0 bridgehead atoms. The maximum absolute atomic E-state index is 11.5. The second-order valence-electron chi connectivity index (χ2n) is 4.21. The first-order chi connectivity index (χ1) is 6.59. The molecule has 1 saturated carbocycles. The van der Waals surface area contributed by atoms with Gasteiger partial charge >= 0.3 is 0 Å². The summed E-state index contributed by atoms with van der Waals surface area (Å²) in [5.41, 5.74) is 5.75. The maximum atomic E-state index is 11.5. The lowest BCUT2D eigenvalue weighted by atomic mass is 9.86. The zero-order chi connectivity index (χ0) is 10.6. The summed E-state index contributed by atoms with van der Waals surface area (Å²) in [4.78, 5) is 11.5. The number of rotatable bonds is 3. The van der Waals surface area contributed by atoms with Gasteiger partial charge in [0.2, 0.25) is 5.91 Å². The van der Waals surface area contributed by atoms with Crippen LogP contribution in [0.15, 0.2) is 0 Å². The molecule has 1 amide bonds. The number of nitrogens with one attached hydrogen (secondary N) is 1. The molecule has 82 valence electrons. The third kappa shape index (κ3) is 3.64. The normalized spacial score (nSPS) is 29.6. The summed E-state index contributed by atoms with van der Waals surface area (Å²) in [6.07, 6.45) is 3.17. The van der Waals surface area contributed by atoms with Crippen LogP contribution in [0.2, 0.25) is 0 Å². The van der Waals surface area contributed by atoms with Crippen LogP contribution in [0.5, 0.6) is 0 Å². The number of aliphatic hydroxyl groups is 1. The van der Waals surface area contributed by atoms with Gasteiger partial charge in [0.25, 0.3) is 0 Å². The molecule has 0 radical (unpaired) electrons. The number of aliphatic hydroxyl groups excluding tert-OH is 1. The summed E-state index contributed by atoms with van der Waals surface area (Å²) in [6, 6.07) is 0.274. The summed E-state index contributed by atoms with van der Waals surface area (Å²) in [7, 11) is 0. The van der Waals surface area contributed by atoms with Crippen molar-refractivity contribution in [1.82, 2.24) is 5.32 Å². The summed E-state index contributed by atoms with van der Waals surface area (Å²) in [5, 5.41) is 11.7. The minimum atomic E-state index is -0.468. The van der Waals surface area contributed by atoms with E-state index < -0.39 is 6.10 Å². The molecule has 0 aromatic rings. The molecule has 1 rings (SSSR count). The minimum absolute atomic E-state index is 0.0674. The van der Waals surface area contributed by atoms with Gasteiger partial charge in [-0.15, -0.1) is 0 Å². The van der Waals surface area contributed by atoms with Gasteiger partial charge in [0.05, 0.1) is 6.10 Å². The van der Waals surface area contributed by atoms with E-state index >= 15 is 0 Å². The molecule has 1 fully saturated rings. The van der Waals surface area contributed by atoms with Gasteiger partial charge in [-0.2, -0.15) is 0 Å². The van der Waals surface area contributed by atoms with Gasteiger partial charge in [-0.1, -0.05) is 0 Å². The predicted molar refractivity (Wildman–Crippen MR) is 54.6 cm³/mol. The molecule has 0 heterocycles. The highest BCUT2D eigenvalue weighted by Crippen LogP contribution is 2.22. The molecule has 4 heteroatoms. The van der Waals surface area contributed by atoms with E-state index in [4.69, 9.17) is 10.8 Å². The molecule has 0 aromatic heterocycles. The fraction of sp³-hybridized carbons (Fsp3) is 0.900. The highest BCUT2D eigenvalue weighted by atomic mass is 16.3. The fourth-order valence-electron chi connectivity index (χ4n) is 1.77. The number of carbonyl (C=O) groups is 1. The first kappa shape index (κ1) is 11.5. The topological polar surface area (TPSA) is 75.3 Å². The molecule has 1 unspecified atom stereocenters. The van der Waals surface area contributed by atoms with Gasteiger partial charge in [-0.3, -0.25) is 4.79 Å². The van der Waals surface area contributed by atoms with Crippen LogP contribution in [-0.2, 0) is 4.79 Å². The average molecular weight is 200 g/mol. The zero-order valence-electron chi connectivity index (χ0n) is 8.70. The van der Waals surface area contributed by atoms with Crippen LogP contribution in [0.4, 0.5) is 0 Å². The van der Waals surface area contributed by atoms with Crippen molar-refractivity contribution >= 4 is 5.91 Å². The molecule has 4 N–H and O–H groups in total. The summed E-state index contributed by atoms with van der Waals surface area (Å²) in [6.45, 7) is 2.01. The average Bonchev–Trinajstić information content (AvgIpc) is 2.15. The van der Waals surface area contributed by atoms with Gasteiger partial charge in [0, 0.05) is 18.5 Å². The van der Waals surface area contributed by atoms with E-state index in [0.717, 1.165) is 25.7 Å². The Morgan fingerprint density at radius 3 is 2.57 bits per heavy atom. The largest absolute Gasteiger partial charge is 0.392 e. The molecule has 0 saturated heterocycles. The molecule has 1 atom stereocenters.